The maximum atomic E-state index is 12.8. The monoisotopic (exact) mass is 424 g/mol. The first-order valence-electron chi connectivity index (χ1n) is 11.9. The molecular formula is C23H40N2O5+2. The van der Waals surface area contributed by atoms with Gasteiger partial charge in [0.15, 0.2) is 0 Å². The van der Waals surface area contributed by atoms with Crippen molar-refractivity contribution in [3.05, 3.63) is 11.6 Å². The quantitative estimate of drug-likeness (QED) is 0.217. The number of hydrogen-bond acceptors (Lipinski definition) is 5. The zero-order chi connectivity index (χ0) is 21.3. The third-order valence-electron chi connectivity index (χ3n) is 8.58. The Morgan fingerprint density at radius 2 is 1.97 bits per heavy atom. The minimum Gasteiger partial charge on any atom is -0.461 e. The van der Waals surface area contributed by atoms with E-state index in [1.54, 1.807) is 0 Å². The van der Waals surface area contributed by atoms with Crippen molar-refractivity contribution in [1.29, 1.82) is 0 Å². The van der Waals surface area contributed by atoms with E-state index < -0.39 is 6.10 Å². The summed E-state index contributed by atoms with van der Waals surface area (Å²) in [7, 11) is 0. The summed E-state index contributed by atoms with van der Waals surface area (Å²) >= 11 is 0. The summed E-state index contributed by atoms with van der Waals surface area (Å²) in [5, 5.41) is 20.3. The Balaban J connectivity index is 1.36. The zero-order valence-electron chi connectivity index (χ0n) is 18.6. The standard InChI is InChI=1S/C23H38N2O5/c1-16-4-3-5-17-14-19-20(21(27)23(16,17)2)18(22(28)30-19)15-25-8-6-24(7-9-25)10-12-29-13-11-26/h5,16,18-21,26-27H,3-4,6-15H2,1-2H3/p+2/t16-,18-,19-,20-,21+,23-/m1/s1. The molecule has 0 radical (unpaired) electrons. The van der Waals surface area contributed by atoms with Crippen molar-refractivity contribution >= 4 is 5.97 Å². The molecular weight excluding hydrogens is 384 g/mol. The molecule has 2 aliphatic carbocycles. The lowest BCUT2D eigenvalue weighted by Gasteiger charge is -2.51. The van der Waals surface area contributed by atoms with Gasteiger partial charge in [0.05, 0.1) is 32.5 Å². The number of nitrogens with one attached hydrogen (secondary N) is 2. The Hall–Kier alpha value is -0.990. The molecule has 170 valence electrons. The molecule has 30 heavy (non-hydrogen) atoms. The topological polar surface area (TPSA) is 84.9 Å². The molecule has 4 N–H and O–H groups in total. The van der Waals surface area contributed by atoms with E-state index in [-0.39, 0.29) is 35.9 Å². The predicted molar refractivity (Wildman–Crippen MR) is 111 cm³/mol. The molecule has 4 aliphatic rings. The lowest BCUT2D eigenvalue weighted by molar-refractivity contribution is -1.01. The molecule has 0 aromatic rings. The van der Waals surface area contributed by atoms with Gasteiger partial charge in [-0.15, -0.1) is 0 Å². The number of ether oxygens (including phenoxy) is 2. The summed E-state index contributed by atoms with van der Waals surface area (Å²) in [6.07, 6.45) is 4.59. The molecule has 2 heterocycles. The fraction of sp³-hybridized carbons (Fsp3) is 0.870. The van der Waals surface area contributed by atoms with Crippen LogP contribution >= 0.6 is 0 Å². The van der Waals surface area contributed by atoms with Gasteiger partial charge in [0, 0.05) is 17.8 Å². The van der Waals surface area contributed by atoms with Crippen LogP contribution in [0.1, 0.15) is 33.1 Å². The molecule has 2 saturated heterocycles. The molecule has 1 saturated carbocycles. The SMILES string of the molecule is C[C@@H]1CCC=C2C[C@H]3OC(=O)[C@H](C[NH+]4CC[NH+](CCOCCO)CC4)[C@H]3[C@H](O)[C@@]21C. The highest BCUT2D eigenvalue weighted by Crippen LogP contribution is 2.55. The van der Waals surface area contributed by atoms with E-state index >= 15 is 0 Å². The molecule has 0 bridgehead atoms. The van der Waals surface area contributed by atoms with Crippen LogP contribution in [0.3, 0.4) is 0 Å². The highest BCUT2D eigenvalue weighted by Gasteiger charge is 2.60. The molecule has 2 aliphatic heterocycles. The van der Waals surface area contributed by atoms with Gasteiger partial charge >= 0.3 is 5.97 Å². The van der Waals surface area contributed by atoms with Crippen molar-refractivity contribution in [3.8, 4) is 0 Å². The number of allylic oxidation sites excluding steroid dienone is 1. The van der Waals surface area contributed by atoms with E-state index in [9.17, 15) is 9.90 Å². The largest absolute Gasteiger partial charge is 0.461 e. The number of rotatable bonds is 7. The van der Waals surface area contributed by atoms with Gasteiger partial charge in [-0.25, -0.2) is 0 Å². The number of quaternary nitrogens is 2. The van der Waals surface area contributed by atoms with Crippen molar-refractivity contribution in [2.45, 2.75) is 45.3 Å². The maximum Gasteiger partial charge on any atom is 0.315 e. The van der Waals surface area contributed by atoms with Gasteiger partial charge in [-0.3, -0.25) is 4.79 Å². The van der Waals surface area contributed by atoms with Gasteiger partial charge < -0.3 is 29.5 Å². The number of aliphatic hydroxyl groups is 2. The summed E-state index contributed by atoms with van der Waals surface area (Å²) in [5.74, 6) is 0.0588. The van der Waals surface area contributed by atoms with Crippen LogP contribution in [-0.2, 0) is 14.3 Å². The molecule has 0 aromatic carbocycles. The molecule has 7 nitrogen and oxygen atoms in total. The zero-order valence-corrected chi connectivity index (χ0v) is 18.6. The first kappa shape index (κ1) is 22.2. The Morgan fingerprint density at radius 1 is 1.23 bits per heavy atom. The molecule has 0 unspecified atom stereocenters. The fourth-order valence-electron chi connectivity index (χ4n) is 6.40. The second-order valence-electron chi connectivity index (χ2n) is 10.1. The Kier molecular flexibility index (Phi) is 6.85. The van der Waals surface area contributed by atoms with E-state index in [1.165, 1.54) is 15.4 Å². The maximum absolute atomic E-state index is 12.8. The highest BCUT2D eigenvalue weighted by atomic mass is 16.6. The molecule has 0 spiro atoms. The summed E-state index contributed by atoms with van der Waals surface area (Å²) in [4.78, 5) is 15.8. The third kappa shape index (κ3) is 4.07. The third-order valence-corrected chi connectivity index (χ3v) is 8.58. The molecule has 0 aromatic heterocycles. The minimum absolute atomic E-state index is 0.0772. The number of esters is 1. The van der Waals surface area contributed by atoms with Crippen LogP contribution < -0.4 is 9.80 Å². The van der Waals surface area contributed by atoms with Crippen LogP contribution in [-0.4, -0.2) is 87.5 Å². The van der Waals surface area contributed by atoms with E-state index in [4.69, 9.17) is 14.6 Å². The van der Waals surface area contributed by atoms with Crippen LogP contribution in [0.4, 0.5) is 0 Å². The smallest absolute Gasteiger partial charge is 0.315 e. The summed E-state index contributed by atoms with van der Waals surface area (Å²) < 4.78 is 11.2. The predicted octanol–water partition coefficient (Wildman–Crippen LogP) is -1.94. The van der Waals surface area contributed by atoms with Crippen molar-refractivity contribution in [3.63, 3.8) is 0 Å². The summed E-state index contributed by atoms with van der Waals surface area (Å²) in [5.41, 5.74) is 1.08. The van der Waals surface area contributed by atoms with Gasteiger partial charge in [-0.1, -0.05) is 25.5 Å². The highest BCUT2D eigenvalue weighted by molar-refractivity contribution is 5.76. The van der Waals surface area contributed by atoms with Crippen LogP contribution in [0.5, 0.6) is 0 Å². The van der Waals surface area contributed by atoms with Gasteiger partial charge in [-0.2, -0.15) is 0 Å². The van der Waals surface area contributed by atoms with Gasteiger partial charge in [0.25, 0.3) is 0 Å². The Bertz CT molecular complexity index is 648. The lowest BCUT2D eigenvalue weighted by Crippen LogP contribution is -3.28. The molecule has 7 heteroatoms. The van der Waals surface area contributed by atoms with Crippen LogP contribution in [0.25, 0.3) is 0 Å². The normalized spacial score (nSPS) is 43.5. The van der Waals surface area contributed by atoms with Crippen LogP contribution in [0.2, 0.25) is 0 Å². The number of carbonyl (C=O) groups is 1. The second-order valence-corrected chi connectivity index (χ2v) is 10.1. The van der Waals surface area contributed by atoms with Crippen molar-refractivity contribution in [1.82, 2.24) is 0 Å². The van der Waals surface area contributed by atoms with Gasteiger partial charge in [-0.05, 0) is 18.8 Å². The van der Waals surface area contributed by atoms with Crippen molar-refractivity contribution < 1.29 is 34.3 Å². The van der Waals surface area contributed by atoms with Gasteiger partial charge in [0.2, 0.25) is 0 Å². The van der Waals surface area contributed by atoms with Gasteiger partial charge in [0.1, 0.15) is 44.7 Å². The van der Waals surface area contributed by atoms with Crippen LogP contribution in [0.15, 0.2) is 11.6 Å². The fourth-order valence-corrected chi connectivity index (χ4v) is 6.40. The van der Waals surface area contributed by atoms with E-state index in [0.717, 1.165) is 58.5 Å². The number of carbonyl (C=O) groups excluding carboxylic acids is 1. The van der Waals surface area contributed by atoms with Crippen LogP contribution in [0, 0.1) is 23.2 Å². The second kappa shape index (κ2) is 9.25. The Morgan fingerprint density at radius 3 is 2.70 bits per heavy atom. The number of hydrogen-bond donors (Lipinski definition) is 4. The minimum atomic E-state index is -0.510. The summed E-state index contributed by atoms with van der Waals surface area (Å²) in [6, 6.07) is 0. The molecule has 0 amide bonds. The van der Waals surface area contributed by atoms with Crippen molar-refractivity contribution in [2.24, 2.45) is 23.2 Å². The van der Waals surface area contributed by atoms with E-state index in [0.29, 0.717) is 19.1 Å². The average Bonchev–Trinajstić information content (AvgIpc) is 3.04. The van der Waals surface area contributed by atoms with E-state index in [2.05, 4.69) is 19.9 Å². The first-order valence-corrected chi connectivity index (χ1v) is 11.9. The Labute approximate surface area is 180 Å². The molecule has 6 atom stereocenters. The number of fused-ring (bicyclic) bond motifs is 2. The van der Waals surface area contributed by atoms with E-state index in [1.807, 2.05) is 0 Å². The molecule has 4 rings (SSSR count). The average molecular weight is 425 g/mol. The number of piperazine rings is 1. The molecule has 3 fully saturated rings. The van der Waals surface area contributed by atoms with Crippen molar-refractivity contribution in [2.75, 3.05) is 59.1 Å². The lowest BCUT2D eigenvalue weighted by atomic mass is 9.55. The summed E-state index contributed by atoms with van der Waals surface area (Å²) in [6.45, 7) is 11.6. The number of aliphatic hydroxyl groups excluding tert-OH is 2. The first-order chi connectivity index (χ1) is 14.4.